The Labute approximate surface area is 81.0 Å². The van der Waals surface area contributed by atoms with Crippen LogP contribution in [0.1, 0.15) is 5.56 Å². The fourth-order valence-electron chi connectivity index (χ4n) is 1.40. The van der Waals surface area contributed by atoms with E-state index in [0.29, 0.717) is 5.69 Å². The van der Waals surface area contributed by atoms with Crippen LogP contribution in [0.4, 0.5) is 5.69 Å². The number of aromatic amines is 1. The first kappa shape index (κ1) is 8.62. The van der Waals surface area contributed by atoms with Crippen molar-refractivity contribution in [2.24, 2.45) is 0 Å². The summed E-state index contributed by atoms with van der Waals surface area (Å²) < 4.78 is 1.53. The minimum atomic E-state index is -0.154. The van der Waals surface area contributed by atoms with Gasteiger partial charge in [0.1, 0.15) is 0 Å². The van der Waals surface area contributed by atoms with Gasteiger partial charge in [-0.05, 0) is 24.6 Å². The van der Waals surface area contributed by atoms with Crippen molar-refractivity contribution in [2.45, 2.75) is 6.92 Å². The maximum absolute atomic E-state index is 11.3. The van der Waals surface area contributed by atoms with Gasteiger partial charge in [0.15, 0.2) is 0 Å². The van der Waals surface area contributed by atoms with Crippen molar-refractivity contribution in [3.8, 4) is 5.69 Å². The van der Waals surface area contributed by atoms with Crippen LogP contribution < -0.4 is 11.4 Å². The number of nitrogens with two attached hydrogens (primary N) is 1. The summed E-state index contributed by atoms with van der Waals surface area (Å²) >= 11 is 0. The lowest BCUT2D eigenvalue weighted by Crippen LogP contribution is -2.15. The van der Waals surface area contributed by atoms with E-state index >= 15 is 0 Å². The number of nitrogens with zero attached hydrogens (tertiary/aromatic N) is 1. The number of H-pyrrole nitrogens is 1. The molecule has 0 saturated heterocycles. The van der Waals surface area contributed by atoms with Gasteiger partial charge in [0.05, 0.1) is 5.69 Å². The Morgan fingerprint density at radius 3 is 2.86 bits per heavy atom. The minimum Gasteiger partial charge on any atom is -0.399 e. The molecule has 0 bridgehead atoms. The topological polar surface area (TPSA) is 63.8 Å². The van der Waals surface area contributed by atoms with Gasteiger partial charge < -0.3 is 10.7 Å². The average molecular weight is 189 g/mol. The lowest BCUT2D eigenvalue weighted by atomic mass is 10.2. The van der Waals surface area contributed by atoms with E-state index in [2.05, 4.69) is 4.98 Å². The van der Waals surface area contributed by atoms with Crippen LogP contribution in [0.5, 0.6) is 0 Å². The Kier molecular flexibility index (Phi) is 1.89. The highest BCUT2D eigenvalue weighted by Crippen LogP contribution is 2.15. The van der Waals surface area contributed by atoms with Crippen LogP contribution in [-0.2, 0) is 0 Å². The zero-order valence-electron chi connectivity index (χ0n) is 7.82. The van der Waals surface area contributed by atoms with Gasteiger partial charge in [-0.3, -0.25) is 4.57 Å². The third-order valence-electron chi connectivity index (χ3n) is 2.14. The highest BCUT2D eigenvalue weighted by Gasteiger charge is 2.03. The Hall–Kier alpha value is -1.97. The number of nitrogen functional groups attached to an aromatic ring is 1. The predicted molar refractivity (Wildman–Crippen MR) is 55.5 cm³/mol. The molecule has 2 rings (SSSR count). The maximum atomic E-state index is 11.3. The van der Waals surface area contributed by atoms with Gasteiger partial charge in [-0.2, -0.15) is 0 Å². The second kappa shape index (κ2) is 3.06. The van der Waals surface area contributed by atoms with E-state index in [9.17, 15) is 4.79 Å². The summed E-state index contributed by atoms with van der Waals surface area (Å²) in [5, 5.41) is 0. The summed E-state index contributed by atoms with van der Waals surface area (Å²) in [4.78, 5) is 13.9. The number of rotatable bonds is 1. The van der Waals surface area contributed by atoms with Crippen LogP contribution in [0.3, 0.4) is 0 Å². The molecule has 1 aromatic carbocycles. The summed E-state index contributed by atoms with van der Waals surface area (Å²) in [6.07, 6.45) is 3.29. The molecule has 0 atom stereocenters. The molecule has 0 spiro atoms. The smallest absolute Gasteiger partial charge is 0.330 e. The molecule has 0 radical (unpaired) electrons. The van der Waals surface area contributed by atoms with Crippen LogP contribution in [0, 0.1) is 6.92 Å². The number of benzene rings is 1. The molecular weight excluding hydrogens is 178 g/mol. The molecule has 4 nitrogen and oxygen atoms in total. The third kappa shape index (κ3) is 1.31. The summed E-state index contributed by atoms with van der Waals surface area (Å²) in [6.45, 7) is 1.94. The molecule has 0 fully saturated rings. The van der Waals surface area contributed by atoms with Crippen LogP contribution in [-0.4, -0.2) is 9.55 Å². The summed E-state index contributed by atoms with van der Waals surface area (Å²) in [5.74, 6) is 0. The minimum absolute atomic E-state index is 0.154. The number of nitrogens with one attached hydrogen (secondary N) is 1. The first-order valence-corrected chi connectivity index (χ1v) is 4.31. The van der Waals surface area contributed by atoms with Gasteiger partial charge in [-0.25, -0.2) is 4.79 Å². The number of aryl methyl sites for hydroxylation is 1. The van der Waals surface area contributed by atoms with Crippen molar-refractivity contribution >= 4 is 5.69 Å². The standard InChI is InChI=1S/C10H11N3O/c1-7-2-3-8(11)6-9(7)13-5-4-12-10(13)14/h2-6H,11H2,1H3,(H,12,14). The van der Waals surface area contributed by atoms with Crippen molar-refractivity contribution in [1.29, 1.82) is 0 Å². The first-order valence-electron chi connectivity index (χ1n) is 4.31. The molecule has 1 heterocycles. The van der Waals surface area contributed by atoms with Gasteiger partial charge in [-0.1, -0.05) is 6.07 Å². The molecule has 0 saturated carbocycles. The van der Waals surface area contributed by atoms with Gasteiger partial charge in [0.25, 0.3) is 0 Å². The summed E-state index contributed by atoms with van der Waals surface area (Å²) in [7, 11) is 0. The zero-order chi connectivity index (χ0) is 10.1. The molecule has 0 unspecified atom stereocenters. The van der Waals surface area contributed by atoms with E-state index in [0.717, 1.165) is 11.3 Å². The quantitative estimate of drug-likeness (QED) is 0.659. The van der Waals surface area contributed by atoms with E-state index in [1.807, 2.05) is 19.1 Å². The molecular formula is C10H11N3O. The van der Waals surface area contributed by atoms with Crippen molar-refractivity contribution in [3.05, 3.63) is 46.6 Å². The summed E-state index contributed by atoms with van der Waals surface area (Å²) in [5.41, 5.74) is 7.99. The molecule has 2 aromatic rings. The molecule has 72 valence electrons. The van der Waals surface area contributed by atoms with Crippen LogP contribution in [0.15, 0.2) is 35.4 Å². The van der Waals surface area contributed by atoms with E-state index < -0.39 is 0 Å². The monoisotopic (exact) mass is 189 g/mol. The second-order valence-electron chi connectivity index (χ2n) is 3.18. The van der Waals surface area contributed by atoms with Crippen LogP contribution in [0.2, 0.25) is 0 Å². The molecule has 0 amide bonds. The van der Waals surface area contributed by atoms with E-state index in [1.54, 1.807) is 18.5 Å². The molecule has 0 aliphatic heterocycles. The predicted octanol–water partition coefficient (Wildman–Crippen LogP) is 1.06. The molecule has 14 heavy (non-hydrogen) atoms. The Bertz CT molecular complexity index is 510. The number of anilines is 1. The zero-order valence-corrected chi connectivity index (χ0v) is 7.82. The fourth-order valence-corrected chi connectivity index (χ4v) is 1.40. The van der Waals surface area contributed by atoms with E-state index in [1.165, 1.54) is 4.57 Å². The van der Waals surface area contributed by atoms with Crippen molar-refractivity contribution in [2.75, 3.05) is 5.73 Å². The molecule has 0 aliphatic carbocycles. The van der Waals surface area contributed by atoms with Gasteiger partial charge in [0, 0.05) is 18.1 Å². The van der Waals surface area contributed by atoms with Crippen molar-refractivity contribution in [1.82, 2.24) is 9.55 Å². The van der Waals surface area contributed by atoms with E-state index in [4.69, 9.17) is 5.73 Å². The SMILES string of the molecule is Cc1ccc(N)cc1-n1cc[nH]c1=O. The van der Waals surface area contributed by atoms with Crippen LogP contribution in [0.25, 0.3) is 5.69 Å². The number of imidazole rings is 1. The molecule has 3 N–H and O–H groups in total. The normalized spacial score (nSPS) is 10.4. The first-order chi connectivity index (χ1) is 6.68. The van der Waals surface area contributed by atoms with Gasteiger partial charge >= 0.3 is 5.69 Å². The maximum Gasteiger partial charge on any atom is 0.330 e. The third-order valence-corrected chi connectivity index (χ3v) is 2.14. The Morgan fingerprint density at radius 2 is 2.21 bits per heavy atom. The molecule has 0 aliphatic rings. The second-order valence-corrected chi connectivity index (χ2v) is 3.18. The lowest BCUT2D eigenvalue weighted by molar-refractivity contribution is 0.976. The fraction of sp³-hybridized carbons (Fsp3) is 0.100. The highest BCUT2D eigenvalue weighted by molar-refractivity contribution is 5.52. The highest BCUT2D eigenvalue weighted by atomic mass is 16.1. The van der Waals surface area contributed by atoms with Crippen LogP contribution >= 0.6 is 0 Å². The number of hydrogen-bond acceptors (Lipinski definition) is 2. The molecule has 4 heteroatoms. The average Bonchev–Trinajstić information content (AvgIpc) is 2.56. The lowest BCUT2D eigenvalue weighted by Gasteiger charge is -2.06. The summed E-state index contributed by atoms with van der Waals surface area (Å²) in [6, 6.07) is 5.49. The largest absolute Gasteiger partial charge is 0.399 e. The van der Waals surface area contributed by atoms with Crippen molar-refractivity contribution in [3.63, 3.8) is 0 Å². The Morgan fingerprint density at radius 1 is 1.43 bits per heavy atom. The van der Waals surface area contributed by atoms with Gasteiger partial charge in [0.2, 0.25) is 0 Å². The van der Waals surface area contributed by atoms with E-state index in [-0.39, 0.29) is 5.69 Å². The number of hydrogen-bond donors (Lipinski definition) is 2. The number of aromatic nitrogens is 2. The van der Waals surface area contributed by atoms with Gasteiger partial charge in [-0.15, -0.1) is 0 Å². The Balaban J connectivity index is 2.68. The van der Waals surface area contributed by atoms with Crippen molar-refractivity contribution < 1.29 is 0 Å². The molecule has 1 aromatic heterocycles.